The largest absolute Gasteiger partial charge is 0.441 e. The summed E-state index contributed by atoms with van der Waals surface area (Å²) in [6, 6.07) is 2.60. The fourth-order valence-corrected chi connectivity index (χ4v) is 2.07. The molecule has 1 amide bonds. The Morgan fingerprint density at radius 3 is 2.32 bits per heavy atom. The number of carbonyl (C=O) groups is 1. The van der Waals surface area contributed by atoms with Crippen LogP contribution in [-0.2, 0) is 0 Å². The highest BCUT2D eigenvalue weighted by molar-refractivity contribution is 8.00. The normalized spacial score (nSPS) is 11.4. The number of carbonyl (C=O) groups excluding carboxylic acids is 1. The van der Waals surface area contributed by atoms with Crippen LogP contribution < -0.4 is 11.1 Å². The molecule has 3 nitrogen and oxygen atoms in total. The van der Waals surface area contributed by atoms with Crippen LogP contribution in [0, 0.1) is 0 Å². The SMILES string of the molecule is Nc1c(Cl)cc(C(=O)NCCSC(F)(F)F)cc1Cl. The molecule has 0 radical (unpaired) electrons. The molecule has 0 saturated heterocycles. The Hall–Kier alpha value is -0.790. The number of nitrogens with one attached hydrogen (secondary N) is 1. The minimum Gasteiger partial charge on any atom is -0.396 e. The molecule has 0 aliphatic heterocycles. The minimum absolute atomic E-state index is 0.113. The maximum atomic E-state index is 11.9. The van der Waals surface area contributed by atoms with E-state index in [1.54, 1.807) is 0 Å². The number of rotatable bonds is 4. The molecule has 0 atom stereocenters. The molecule has 0 unspecified atom stereocenters. The van der Waals surface area contributed by atoms with E-state index in [2.05, 4.69) is 5.32 Å². The first-order chi connectivity index (χ1) is 8.70. The quantitative estimate of drug-likeness (QED) is 0.654. The molecule has 0 aliphatic rings. The van der Waals surface area contributed by atoms with Crippen molar-refractivity contribution < 1.29 is 18.0 Å². The number of nitrogens with two attached hydrogens (primary N) is 1. The molecule has 0 saturated carbocycles. The molecule has 1 aromatic rings. The van der Waals surface area contributed by atoms with Crippen molar-refractivity contribution in [2.75, 3.05) is 18.0 Å². The lowest BCUT2D eigenvalue weighted by molar-refractivity contribution is -0.0327. The van der Waals surface area contributed by atoms with Crippen molar-refractivity contribution in [3.8, 4) is 0 Å². The second-order valence-corrected chi connectivity index (χ2v) is 5.38. The van der Waals surface area contributed by atoms with Crippen molar-refractivity contribution in [1.82, 2.24) is 5.32 Å². The van der Waals surface area contributed by atoms with Crippen LogP contribution >= 0.6 is 35.0 Å². The first-order valence-corrected chi connectivity index (χ1v) is 6.68. The Balaban J connectivity index is 2.55. The highest BCUT2D eigenvalue weighted by Gasteiger charge is 2.27. The van der Waals surface area contributed by atoms with Gasteiger partial charge in [-0.25, -0.2) is 0 Å². The smallest absolute Gasteiger partial charge is 0.396 e. The molecule has 0 bridgehead atoms. The van der Waals surface area contributed by atoms with E-state index in [4.69, 9.17) is 28.9 Å². The highest BCUT2D eigenvalue weighted by atomic mass is 35.5. The van der Waals surface area contributed by atoms with Crippen molar-refractivity contribution in [3.05, 3.63) is 27.7 Å². The summed E-state index contributed by atoms with van der Waals surface area (Å²) in [5.41, 5.74) is 1.48. The molecule has 1 aromatic carbocycles. The second kappa shape index (κ2) is 6.58. The molecule has 19 heavy (non-hydrogen) atoms. The van der Waals surface area contributed by atoms with Gasteiger partial charge in [0.1, 0.15) is 0 Å². The van der Waals surface area contributed by atoms with Crippen LogP contribution in [0.5, 0.6) is 0 Å². The summed E-state index contributed by atoms with van der Waals surface area (Å²) in [7, 11) is 0. The number of hydrogen-bond acceptors (Lipinski definition) is 3. The number of halogens is 5. The van der Waals surface area contributed by atoms with Gasteiger partial charge in [-0.2, -0.15) is 13.2 Å². The van der Waals surface area contributed by atoms with E-state index >= 15 is 0 Å². The number of anilines is 1. The van der Waals surface area contributed by atoms with Gasteiger partial charge in [0.2, 0.25) is 0 Å². The van der Waals surface area contributed by atoms with E-state index in [9.17, 15) is 18.0 Å². The second-order valence-electron chi connectivity index (χ2n) is 3.40. The van der Waals surface area contributed by atoms with Gasteiger partial charge in [0.25, 0.3) is 5.91 Å². The Labute approximate surface area is 121 Å². The highest BCUT2D eigenvalue weighted by Crippen LogP contribution is 2.30. The van der Waals surface area contributed by atoms with E-state index < -0.39 is 11.4 Å². The van der Waals surface area contributed by atoms with Crippen molar-refractivity contribution in [2.45, 2.75) is 5.51 Å². The topological polar surface area (TPSA) is 55.1 Å². The van der Waals surface area contributed by atoms with Crippen molar-refractivity contribution in [3.63, 3.8) is 0 Å². The molecule has 3 N–H and O–H groups in total. The molecule has 0 aromatic heterocycles. The molecule has 9 heteroatoms. The Morgan fingerprint density at radius 2 is 1.84 bits per heavy atom. The summed E-state index contributed by atoms with van der Waals surface area (Å²) in [5.74, 6) is -0.836. The summed E-state index contributed by atoms with van der Waals surface area (Å²) in [5, 5.41) is 2.55. The van der Waals surface area contributed by atoms with Gasteiger partial charge in [-0.15, -0.1) is 0 Å². The van der Waals surface area contributed by atoms with E-state index in [0.717, 1.165) is 0 Å². The minimum atomic E-state index is -4.31. The molecule has 1 rings (SSSR count). The van der Waals surface area contributed by atoms with Crippen LogP contribution in [-0.4, -0.2) is 23.7 Å². The molecule has 0 spiro atoms. The van der Waals surface area contributed by atoms with Gasteiger partial charge in [-0.1, -0.05) is 23.2 Å². The predicted octanol–water partition coefficient (Wildman–Crippen LogP) is 3.56. The third-order valence-corrected chi connectivity index (χ3v) is 3.36. The number of thioether (sulfide) groups is 1. The number of benzene rings is 1. The number of hydrogen-bond donors (Lipinski definition) is 2. The number of amides is 1. The average Bonchev–Trinajstić information content (AvgIpc) is 2.29. The molecule has 0 heterocycles. The third-order valence-electron chi connectivity index (χ3n) is 1.99. The van der Waals surface area contributed by atoms with Crippen molar-refractivity contribution in [2.24, 2.45) is 0 Å². The van der Waals surface area contributed by atoms with Crippen LogP contribution in [0.2, 0.25) is 10.0 Å². The van der Waals surface area contributed by atoms with Crippen LogP contribution in [0.25, 0.3) is 0 Å². The maximum absolute atomic E-state index is 11.9. The Morgan fingerprint density at radius 1 is 1.32 bits per heavy atom. The third kappa shape index (κ3) is 5.38. The van der Waals surface area contributed by atoms with E-state index in [1.807, 2.05) is 0 Å². The van der Waals surface area contributed by atoms with Crippen LogP contribution in [0.3, 0.4) is 0 Å². The van der Waals surface area contributed by atoms with Gasteiger partial charge in [0, 0.05) is 17.9 Å². The molecule has 0 fully saturated rings. The summed E-state index contributed by atoms with van der Waals surface area (Å²) in [6.07, 6.45) is 0. The summed E-state index contributed by atoms with van der Waals surface area (Å²) in [4.78, 5) is 11.6. The monoisotopic (exact) mass is 332 g/mol. The molecule has 106 valence electrons. The van der Waals surface area contributed by atoms with Gasteiger partial charge < -0.3 is 11.1 Å². The zero-order valence-electron chi connectivity index (χ0n) is 9.35. The van der Waals surface area contributed by atoms with Gasteiger partial charge >= 0.3 is 5.51 Å². The van der Waals surface area contributed by atoms with E-state index in [1.165, 1.54) is 12.1 Å². The Kier molecular flexibility index (Phi) is 5.64. The van der Waals surface area contributed by atoms with Crippen LogP contribution in [0.4, 0.5) is 18.9 Å². The van der Waals surface area contributed by atoms with Crippen molar-refractivity contribution in [1.29, 1.82) is 0 Å². The van der Waals surface area contributed by atoms with E-state index in [0.29, 0.717) is 0 Å². The first-order valence-electron chi connectivity index (χ1n) is 4.94. The standard InChI is InChI=1S/C10H9Cl2F3N2OS/c11-6-3-5(4-7(12)8(6)16)9(18)17-1-2-19-10(13,14)15/h3-4H,1-2,16H2,(H,17,18). The number of nitrogen functional groups attached to an aromatic ring is 1. The average molecular weight is 333 g/mol. The van der Waals surface area contributed by atoms with Crippen LogP contribution in [0.1, 0.15) is 10.4 Å². The first kappa shape index (κ1) is 16.3. The van der Waals surface area contributed by atoms with Gasteiger partial charge in [0.15, 0.2) is 0 Å². The molecular weight excluding hydrogens is 324 g/mol. The summed E-state index contributed by atoms with van der Waals surface area (Å²) >= 11 is 11.3. The van der Waals surface area contributed by atoms with Crippen LogP contribution in [0.15, 0.2) is 12.1 Å². The van der Waals surface area contributed by atoms with Gasteiger partial charge in [-0.3, -0.25) is 4.79 Å². The van der Waals surface area contributed by atoms with E-state index in [-0.39, 0.29) is 45.4 Å². The Bertz CT molecular complexity index is 459. The fraction of sp³-hybridized carbons (Fsp3) is 0.300. The number of alkyl halides is 3. The zero-order valence-corrected chi connectivity index (χ0v) is 11.7. The van der Waals surface area contributed by atoms with Gasteiger partial charge in [0.05, 0.1) is 15.7 Å². The van der Waals surface area contributed by atoms with Gasteiger partial charge in [-0.05, 0) is 23.9 Å². The molecule has 0 aliphatic carbocycles. The van der Waals surface area contributed by atoms with Crippen molar-refractivity contribution >= 4 is 46.6 Å². The summed E-state index contributed by atoms with van der Waals surface area (Å²) < 4.78 is 35.6. The summed E-state index contributed by atoms with van der Waals surface area (Å²) in [6.45, 7) is -0.122. The fourth-order valence-electron chi connectivity index (χ4n) is 1.15. The lowest BCUT2D eigenvalue weighted by atomic mass is 10.2. The lowest BCUT2D eigenvalue weighted by Gasteiger charge is -2.08. The maximum Gasteiger partial charge on any atom is 0.441 e. The molecular formula is C10H9Cl2F3N2OS. The lowest BCUT2D eigenvalue weighted by Crippen LogP contribution is -2.26. The zero-order chi connectivity index (χ0) is 14.6. The predicted molar refractivity (Wildman–Crippen MR) is 71.7 cm³/mol.